The normalized spacial score (nSPS) is 15.4. The molecule has 1 aromatic carbocycles. The van der Waals surface area contributed by atoms with Crippen molar-refractivity contribution >= 4 is 34.1 Å². The molecular formula is C20H26ClN3O. The van der Waals surface area contributed by atoms with Crippen molar-refractivity contribution in [1.29, 1.82) is 0 Å². The van der Waals surface area contributed by atoms with Crippen LogP contribution >= 0.6 is 11.6 Å². The minimum atomic E-state index is 0.0495. The van der Waals surface area contributed by atoms with Gasteiger partial charge in [0.15, 0.2) is 0 Å². The number of fused-ring (bicyclic) bond motifs is 1. The van der Waals surface area contributed by atoms with Crippen LogP contribution in [0.5, 0.6) is 0 Å². The number of nitrogens with one attached hydrogen (secondary N) is 1. The maximum atomic E-state index is 12.5. The van der Waals surface area contributed by atoms with E-state index in [1.54, 1.807) is 6.07 Å². The number of aryl methyl sites for hydroxylation is 1. The Kier molecular flexibility index (Phi) is 6.27. The third-order valence-corrected chi connectivity index (χ3v) is 5.29. The van der Waals surface area contributed by atoms with Gasteiger partial charge in [-0.2, -0.15) is 0 Å². The molecule has 0 spiro atoms. The highest BCUT2D eigenvalue weighted by Gasteiger charge is 2.18. The predicted octanol–water partition coefficient (Wildman–Crippen LogP) is 4.69. The number of benzene rings is 1. The topological polar surface area (TPSA) is 68.0 Å². The van der Waals surface area contributed by atoms with Crippen molar-refractivity contribution in [1.82, 2.24) is 4.98 Å². The van der Waals surface area contributed by atoms with Crippen LogP contribution in [0, 0.1) is 5.92 Å². The zero-order valence-corrected chi connectivity index (χ0v) is 15.3. The van der Waals surface area contributed by atoms with Crippen LogP contribution in [-0.4, -0.2) is 17.4 Å². The van der Waals surface area contributed by atoms with Crippen molar-refractivity contribution < 1.29 is 4.79 Å². The lowest BCUT2D eigenvalue weighted by atomic mass is 9.87. The Morgan fingerprint density at radius 2 is 2.00 bits per heavy atom. The molecule has 0 saturated heterocycles. The molecule has 2 aromatic rings. The molecule has 1 fully saturated rings. The molecule has 1 aliphatic rings. The smallest absolute Gasteiger partial charge is 0.224 e. The fourth-order valence-electron chi connectivity index (χ4n) is 3.61. The zero-order chi connectivity index (χ0) is 17.6. The molecule has 0 bridgehead atoms. The highest BCUT2D eigenvalue weighted by atomic mass is 35.5. The van der Waals surface area contributed by atoms with E-state index >= 15 is 0 Å². The Hall–Kier alpha value is -1.65. The summed E-state index contributed by atoms with van der Waals surface area (Å²) in [6.07, 6.45) is 8.44. The van der Waals surface area contributed by atoms with E-state index in [9.17, 15) is 4.79 Å². The van der Waals surface area contributed by atoms with Crippen LogP contribution in [0.1, 0.15) is 50.6 Å². The summed E-state index contributed by atoms with van der Waals surface area (Å²) in [5.74, 6) is 0.553. The number of aromatic nitrogens is 1. The minimum absolute atomic E-state index is 0.0495. The van der Waals surface area contributed by atoms with Crippen molar-refractivity contribution in [3.63, 3.8) is 0 Å². The van der Waals surface area contributed by atoms with E-state index in [1.807, 2.05) is 18.2 Å². The molecule has 1 aliphatic carbocycles. The summed E-state index contributed by atoms with van der Waals surface area (Å²) in [6, 6.07) is 7.70. The van der Waals surface area contributed by atoms with E-state index in [0.717, 1.165) is 42.3 Å². The molecule has 3 N–H and O–H groups in total. The maximum Gasteiger partial charge on any atom is 0.224 e. The van der Waals surface area contributed by atoms with E-state index in [1.165, 1.54) is 19.3 Å². The number of hydrogen-bond acceptors (Lipinski definition) is 3. The Morgan fingerprint density at radius 1 is 1.20 bits per heavy atom. The monoisotopic (exact) mass is 359 g/mol. The molecule has 0 atom stereocenters. The summed E-state index contributed by atoms with van der Waals surface area (Å²) in [7, 11) is 0. The van der Waals surface area contributed by atoms with E-state index in [0.29, 0.717) is 29.6 Å². The SMILES string of the molecule is NCCCc1ccc2c(NC(=O)CC3CCCCC3)c(Cl)ccc2n1. The van der Waals surface area contributed by atoms with Gasteiger partial charge in [0.1, 0.15) is 0 Å². The van der Waals surface area contributed by atoms with Gasteiger partial charge < -0.3 is 11.1 Å². The van der Waals surface area contributed by atoms with Crippen molar-refractivity contribution in [3.05, 3.63) is 35.0 Å². The van der Waals surface area contributed by atoms with Gasteiger partial charge in [-0.25, -0.2) is 0 Å². The number of halogens is 1. The quantitative estimate of drug-likeness (QED) is 0.786. The van der Waals surface area contributed by atoms with E-state index in [4.69, 9.17) is 17.3 Å². The van der Waals surface area contributed by atoms with Crippen LogP contribution in [-0.2, 0) is 11.2 Å². The standard InChI is InChI=1S/C20H26ClN3O/c21-17-10-11-18-16(9-8-15(23-18)7-4-12-22)20(17)24-19(25)13-14-5-2-1-3-6-14/h8-11,14H,1-7,12-13,22H2,(H,24,25). The summed E-state index contributed by atoms with van der Waals surface area (Å²) in [6.45, 7) is 0.656. The van der Waals surface area contributed by atoms with Crippen molar-refractivity contribution in [2.75, 3.05) is 11.9 Å². The Balaban J connectivity index is 1.77. The van der Waals surface area contributed by atoms with Crippen LogP contribution < -0.4 is 11.1 Å². The number of nitrogens with zero attached hydrogens (tertiary/aromatic N) is 1. The number of rotatable bonds is 6. The molecule has 1 heterocycles. The molecular weight excluding hydrogens is 334 g/mol. The van der Waals surface area contributed by atoms with Gasteiger partial charge in [-0.1, -0.05) is 30.9 Å². The van der Waals surface area contributed by atoms with Crippen LogP contribution in [0.3, 0.4) is 0 Å². The van der Waals surface area contributed by atoms with E-state index in [-0.39, 0.29) is 5.91 Å². The van der Waals surface area contributed by atoms with Gasteiger partial charge in [-0.15, -0.1) is 0 Å². The largest absolute Gasteiger partial charge is 0.330 e. The molecule has 1 amide bonds. The first-order chi connectivity index (χ1) is 12.2. The number of carbonyl (C=O) groups excluding carboxylic acids is 1. The number of nitrogens with two attached hydrogens (primary N) is 1. The zero-order valence-electron chi connectivity index (χ0n) is 14.6. The Bertz CT molecular complexity index is 741. The number of carbonyl (C=O) groups is 1. The second-order valence-electron chi connectivity index (χ2n) is 6.94. The first-order valence-electron chi connectivity index (χ1n) is 9.25. The van der Waals surface area contributed by atoms with Gasteiger partial charge in [0, 0.05) is 17.5 Å². The lowest BCUT2D eigenvalue weighted by Gasteiger charge is -2.21. The van der Waals surface area contributed by atoms with Gasteiger partial charge in [0.05, 0.1) is 16.2 Å². The average Bonchev–Trinajstić information content (AvgIpc) is 2.63. The number of anilines is 1. The van der Waals surface area contributed by atoms with Crippen molar-refractivity contribution in [2.45, 2.75) is 51.4 Å². The van der Waals surface area contributed by atoms with Crippen molar-refractivity contribution in [3.8, 4) is 0 Å². The lowest BCUT2D eigenvalue weighted by Crippen LogP contribution is -2.18. The number of pyridine rings is 1. The molecule has 134 valence electrons. The fraction of sp³-hybridized carbons (Fsp3) is 0.500. The third-order valence-electron chi connectivity index (χ3n) is 4.98. The van der Waals surface area contributed by atoms with Crippen molar-refractivity contribution in [2.24, 2.45) is 11.7 Å². The van der Waals surface area contributed by atoms with Crippen LogP contribution in [0.4, 0.5) is 5.69 Å². The minimum Gasteiger partial charge on any atom is -0.330 e. The lowest BCUT2D eigenvalue weighted by molar-refractivity contribution is -0.117. The molecule has 1 saturated carbocycles. The van der Waals surface area contributed by atoms with Gasteiger partial charge in [0.2, 0.25) is 5.91 Å². The molecule has 4 nitrogen and oxygen atoms in total. The van der Waals surface area contributed by atoms with Gasteiger partial charge >= 0.3 is 0 Å². The summed E-state index contributed by atoms with van der Waals surface area (Å²) in [4.78, 5) is 17.2. The summed E-state index contributed by atoms with van der Waals surface area (Å²) >= 11 is 6.35. The fourth-order valence-corrected chi connectivity index (χ4v) is 3.83. The Labute approximate surface area is 154 Å². The van der Waals surface area contributed by atoms with Gasteiger partial charge in [-0.05, 0) is 62.4 Å². The first-order valence-corrected chi connectivity index (χ1v) is 9.63. The highest BCUT2D eigenvalue weighted by Crippen LogP contribution is 2.32. The summed E-state index contributed by atoms with van der Waals surface area (Å²) in [5.41, 5.74) is 8.12. The van der Waals surface area contributed by atoms with Crippen LogP contribution in [0.15, 0.2) is 24.3 Å². The summed E-state index contributed by atoms with van der Waals surface area (Å²) < 4.78 is 0. The first kappa shape index (κ1) is 18.2. The molecule has 3 rings (SSSR count). The maximum absolute atomic E-state index is 12.5. The van der Waals surface area contributed by atoms with Crippen LogP contribution in [0.25, 0.3) is 10.9 Å². The number of amides is 1. The summed E-state index contributed by atoms with van der Waals surface area (Å²) in [5, 5.41) is 4.48. The molecule has 0 aliphatic heterocycles. The number of hydrogen-bond donors (Lipinski definition) is 2. The molecule has 5 heteroatoms. The van der Waals surface area contributed by atoms with E-state index in [2.05, 4.69) is 10.3 Å². The van der Waals surface area contributed by atoms with Gasteiger partial charge in [-0.3, -0.25) is 9.78 Å². The second kappa shape index (κ2) is 8.63. The molecule has 25 heavy (non-hydrogen) atoms. The average molecular weight is 360 g/mol. The second-order valence-corrected chi connectivity index (χ2v) is 7.35. The molecule has 0 radical (unpaired) electrons. The van der Waals surface area contributed by atoms with Crippen LogP contribution in [0.2, 0.25) is 5.02 Å². The van der Waals surface area contributed by atoms with E-state index < -0.39 is 0 Å². The highest BCUT2D eigenvalue weighted by molar-refractivity contribution is 6.35. The molecule has 0 unspecified atom stereocenters. The Morgan fingerprint density at radius 3 is 2.76 bits per heavy atom. The molecule has 1 aromatic heterocycles. The van der Waals surface area contributed by atoms with Gasteiger partial charge in [0.25, 0.3) is 0 Å². The third kappa shape index (κ3) is 4.71. The predicted molar refractivity (Wildman–Crippen MR) is 104 cm³/mol.